The van der Waals surface area contributed by atoms with Crippen LogP contribution in [0.3, 0.4) is 0 Å². The number of nitrogens with zero attached hydrogens (tertiary/aromatic N) is 2. The van der Waals surface area contributed by atoms with Gasteiger partial charge < -0.3 is 4.42 Å². The third-order valence-electron chi connectivity index (χ3n) is 2.25. The Morgan fingerprint density at radius 3 is 2.71 bits per heavy atom. The highest BCUT2D eigenvalue weighted by Crippen LogP contribution is 2.18. The standard InChI is InChI=1S/C14H8N2O/c15-9-11-3-1-4-12(7-11)13(10-16)8-14-5-2-6-17-14/h1-8H. The molecule has 1 aromatic carbocycles. The molecule has 0 aliphatic heterocycles. The number of hydrogen-bond donors (Lipinski definition) is 0. The Hall–Kier alpha value is -2.78. The van der Waals surface area contributed by atoms with Crippen molar-refractivity contribution in [2.24, 2.45) is 0 Å². The summed E-state index contributed by atoms with van der Waals surface area (Å²) in [5.74, 6) is 0.615. The van der Waals surface area contributed by atoms with Crippen molar-refractivity contribution in [1.29, 1.82) is 10.5 Å². The van der Waals surface area contributed by atoms with Crippen molar-refractivity contribution in [3.63, 3.8) is 0 Å². The summed E-state index contributed by atoms with van der Waals surface area (Å²) >= 11 is 0. The van der Waals surface area contributed by atoms with Crippen molar-refractivity contribution in [2.75, 3.05) is 0 Å². The molecule has 2 rings (SSSR count). The van der Waals surface area contributed by atoms with Crippen molar-refractivity contribution in [3.05, 3.63) is 59.5 Å². The first-order chi connectivity index (χ1) is 8.33. The molecule has 17 heavy (non-hydrogen) atoms. The van der Waals surface area contributed by atoms with E-state index in [2.05, 4.69) is 6.07 Å². The van der Waals surface area contributed by atoms with Crippen LogP contribution < -0.4 is 0 Å². The summed E-state index contributed by atoms with van der Waals surface area (Å²) in [7, 11) is 0. The largest absolute Gasteiger partial charge is 0.465 e. The molecule has 0 saturated carbocycles. The molecule has 0 saturated heterocycles. The van der Waals surface area contributed by atoms with Crippen molar-refractivity contribution in [3.8, 4) is 12.1 Å². The third kappa shape index (κ3) is 2.42. The second-order valence-corrected chi connectivity index (χ2v) is 3.38. The molecule has 1 aromatic heterocycles. The first-order valence-electron chi connectivity index (χ1n) is 4.99. The Bertz CT molecular complexity index is 625. The fourth-order valence-corrected chi connectivity index (χ4v) is 1.45. The molecule has 0 N–H and O–H groups in total. The summed E-state index contributed by atoms with van der Waals surface area (Å²) in [4.78, 5) is 0. The molecule has 3 heteroatoms. The molecule has 2 aromatic rings. The Balaban J connectivity index is 2.44. The highest BCUT2D eigenvalue weighted by Gasteiger charge is 2.03. The van der Waals surface area contributed by atoms with Gasteiger partial charge in [0.2, 0.25) is 0 Å². The van der Waals surface area contributed by atoms with Gasteiger partial charge in [0, 0.05) is 0 Å². The van der Waals surface area contributed by atoms with E-state index in [1.807, 2.05) is 6.07 Å². The number of benzene rings is 1. The normalized spacial score (nSPS) is 10.6. The molecule has 0 spiro atoms. The number of furan rings is 1. The average Bonchev–Trinajstić information content (AvgIpc) is 2.89. The van der Waals surface area contributed by atoms with Crippen LogP contribution >= 0.6 is 0 Å². The van der Waals surface area contributed by atoms with Crippen LogP contribution in [0.1, 0.15) is 16.9 Å². The summed E-state index contributed by atoms with van der Waals surface area (Å²) < 4.78 is 5.15. The minimum Gasteiger partial charge on any atom is -0.465 e. The molecule has 1 heterocycles. The van der Waals surface area contributed by atoms with E-state index in [-0.39, 0.29) is 0 Å². The maximum absolute atomic E-state index is 9.10. The Labute approximate surface area is 98.8 Å². The fourth-order valence-electron chi connectivity index (χ4n) is 1.45. The monoisotopic (exact) mass is 220 g/mol. The lowest BCUT2D eigenvalue weighted by molar-refractivity contribution is 0.557. The fraction of sp³-hybridized carbons (Fsp3) is 0. The van der Waals surface area contributed by atoms with Crippen LogP contribution in [0.25, 0.3) is 11.6 Å². The lowest BCUT2D eigenvalue weighted by atomic mass is 10.0. The number of rotatable bonds is 2. The Kier molecular flexibility index (Phi) is 3.05. The first-order valence-corrected chi connectivity index (χ1v) is 4.99. The van der Waals surface area contributed by atoms with Gasteiger partial charge in [-0.3, -0.25) is 0 Å². The van der Waals surface area contributed by atoms with E-state index < -0.39 is 0 Å². The van der Waals surface area contributed by atoms with Crippen LogP contribution in [0.4, 0.5) is 0 Å². The van der Waals surface area contributed by atoms with Gasteiger partial charge in [0.05, 0.1) is 29.5 Å². The van der Waals surface area contributed by atoms with Gasteiger partial charge in [-0.05, 0) is 35.9 Å². The lowest BCUT2D eigenvalue weighted by Gasteiger charge is -1.98. The maximum Gasteiger partial charge on any atom is 0.127 e. The smallest absolute Gasteiger partial charge is 0.127 e. The van der Waals surface area contributed by atoms with E-state index in [9.17, 15) is 0 Å². The van der Waals surface area contributed by atoms with Gasteiger partial charge in [-0.25, -0.2) is 0 Å². The van der Waals surface area contributed by atoms with Gasteiger partial charge in [0.25, 0.3) is 0 Å². The van der Waals surface area contributed by atoms with Gasteiger partial charge in [0.15, 0.2) is 0 Å². The minimum absolute atomic E-state index is 0.469. The highest BCUT2D eigenvalue weighted by atomic mass is 16.3. The van der Waals surface area contributed by atoms with Gasteiger partial charge in [0.1, 0.15) is 5.76 Å². The maximum atomic E-state index is 9.10. The molecular formula is C14H8N2O. The van der Waals surface area contributed by atoms with E-state index in [0.717, 1.165) is 0 Å². The van der Waals surface area contributed by atoms with Crippen molar-refractivity contribution in [1.82, 2.24) is 0 Å². The first kappa shape index (κ1) is 10.7. The number of hydrogen-bond acceptors (Lipinski definition) is 3. The van der Waals surface area contributed by atoms with Gasteiger partial charge >= 0.3 is 0 Å². The van der Waals surface area contributed by atoms with Crippen molar-refractivity contribution < 1.29 is 4.42 Å². The summed E-state index contributed by atoms with van der Waals surface area (Å²) in [6, 6.07) is 14.6. The Morgan fingerprint density at radius 2 is 2.06 bits per heavy atom. The van der Waals surface area contributed by atoms with E-state index in [1.54, 1.807) is 48.7 Å². The molecule has 0 radical (unpaired) electrons. The van der Waals surface area contributed by atoms with Crippen LogP contribution in [0.5, 0.6) is 0 Å². The molecule has 0 bridgehead atoms. The zero-order chi connectivity index (χ0) is 12.1. The highest BCUT2D eigenvalue weighted by molar-refractivity contribution is 5.88. The second-order valence-electron chi connectivity index (χ2n) is 3.38. The van der Waals surface area contributed by atoms with E-state index in [1.165, 1.54) is 0 Å². The minimum atomic E-state index is 0.469. The molecule has 0 amide bonds. The average molecular weight is 220 g/mol. The van der Waals surface area contributed by atoms with Crippen LogP contribution in [0, 0.1) is 22.7 Å². The SMILES string of the molecule is N#CC(=Cc1ccco1)c1cccc(C#N)c1. The summed E-state index contributed by atoms with van der Waals surface area (Å²) in [5.41, 5.74) is 1.71. The van der Waals surface area contributed by atoms with Gasteiger partial charge in [-0.2, -0.15) is 10.5 Å². The van der Waals surface area contributed by atoms with E-state index >= 15 is 0 Å². The molecular weight excluding hydrogens is 212 g/mol. The predicted octanol–water partition coefficient (Wildman–Crippen LogP) is 3.22. The summed E-state index contributed by atoms with van der Waals surface area (Å²) in [6.07, 6.45) is 3.20. The molecule has 0 unspecified atom stereocenters. The zero-order valence-electron chi connectivity index (χ0n) is 8.92. The second kappa shape index (κ2) is 4.83. The Morgan fingerprint density at radius 1 is 1.18 bits per heavy atom. The van der Waals surface area contributed by atoms with Gasteiger partial charge in [-0.1, -0.05) is 12.1 Å². The quantitative estimate of drug-likeness (QED) is 0.730. The summed E-state index contributed by atoms with van der Waals surface area (Å²) in [5, 5.41) is 17.9. The van der Waals surface area contributed by atoms with Crippen molar-refractivity contribution in [2.45, 2.75) is 0 Å². The van der Waals surface area contributed by atoms with E-state index in [4.69, 9.17) is 14.9 Å². The van der Waals surface area contributed by atoms with Crippen LogP contribution in [0.15, 0.2) is 47.1 Å². The molecule has 0 atom stereocenters. The summed E-state index contributed by atoms with van der Waals surface area (Å²) in [6.45, 7) is 0. The predicted molar refractivity (Wildman–Crippen MR) is 63.3 cm³/mol. The van der Waals surface area contributed by atoms with Crippen LogP contribution in [0.2, 0.25) is 0 Å². The molecule has 0 fully saturated rings. The lowest BCUT2D eigenvalue weighted by Crippen LogP contribution is -1.83. The third-order valence-corrected chi connectivity index (χ3v) is 2.25. The van der Waals surface area contributed by atoms with Crippen molar-refractivity contribution >= 4 is 11.6 Å². The zero-order valence-corrected chi connectivity index (χ0v) is 8.92. The van der Waals surface area contributed by atoms with Crippen LogP contribution in [-0.2, 0) is 0 Å². The number of allylic oxidation sites excluding steroid dienone is 1. The van der Waals surface area contributed by atoms with Crippen LogP contribution in [-0.4, -0.2) is 0 Å². The molecule has 0 aliphatic carbocycles. The molecule has 3 nitrogen and oxygen atoms in total. The molecule has 0 aliphatic rings. The van der Waals surface area contributed by atoms with Gasteiger partial charge in [-0.15, -0.1) is 0 Å². The molecule has 80 valence electrons. The van der Waals surface area contributed by atoms with E-state index in [0.29, 0.717) is 22.5 Å². The number of nitriles is 2. The topological polar surface area (TPSA) is 60.7 Å².